The molecule has 1 atom stereocenters. The Balaban J connectivity index is 1.67. The van der Waals surface area contributed by atoms with Gasteiger partial charge in [0.1, 0.15) is 5.84 Å². The lowest BCUT2D eigenvalue weighted by atomic mass is 10.0. The zero-order valence-corrected chi connectivity index (χ0v) is 16.0. The third-order valence-electron chi connectivity index (χ3n) is 5.06. The van der Waals surface area contributed by atoms with E-state index < -0.39 is 0 Å². The molecule has 1 unspecified atom stereocenters. The highest BCUT2D eigenvalue weighted by Crippen LogP contribution is 2.22. The highest BCUT2D eigenvalue weighted by molar-refractivity contribution is 5.89. The van der Waals surface area contributed by atoms with Gasteiger partial charge in [-0.05, 0) is 41.8 Å². The number of hydrogen-bond acceptors (Lipinski definition) is 3. The standard InChI is InChI=1S/C24H26N4/c1-3-8-21(9-4-1)19-28-17-7-14-26-23(22-10-5-2-6-11-22)24(28)27-18-20-12-15-25-16-13-20/h1-6,8-13,15-16,23,26H,7,14,17-19H2. The molecular weight excluding hydrogens is 344 g/mol. The van der Waals surface area contributed by atoms with E-state index in [4.69, 9.17) is 4.99 Å². The van der Waals surface area contributed by atoms with Crippen LogP contribution in [0.3, 0.4) is 0 Å². The third kappa shape index (κ3) is 4.65. The summed E-state index contributed by atoms with van der Waals surface area (Å²) in [5.74, 6) is 1.12. The van der Waals surface area contributed by atoms with Gasteiger partial charge in [0.25, 0.3) is 0 Å². The van der Waals surface area contributed by atoms with Gasteiger partial charge in [-0.25, -0.2) is 0 Å². The first-order valence-corrected chi connectivity index (χ1v) is 9.90. The zero-order chi connectivity index (χ0) is 19.0. The van der Waals surface area contributed by atoms with E-state index in [1.165, 1.54) is 16.7 Å². The summed E-state index contributed by atoms with van der Waals surface area (Å²) in [5.41, 5.74) is 3.75. The van der Waals surface area contributed by atoms with E-state index in [1.807, 2.05) is 24.5 Å². The number of nitrogens with zero attached hydrogens (tertiary/aromatic N) is 3. The van der Waals surface area contributed by atoms with Gasteiger partial charge in [0.15, 0.2) is 0 Å². The van der Waals surface area contributed by atoms with Crippen LogP contribution in [0.25, 0.3) is 0 Å². The van der Waals surface area contributed by atoms with Crippen molar-refractivity contribution < 1.29 is 0 Å². The molecule has 1 aromatic heterocycles. The summed E-state index contributed by atoms with van der Waals surface area (Å²) in [5, 5.41) is 3.72. The Kier molecular flexibility index (Phi) is 6.10. The van der Waals surface area contributed by atoms with Crippen LogP contribution in [-0.4, -0.2) is 28.8 Å². The molecule has 2 heterocycles. The van der Waals surface area contributed by atoms with Crippen molar-refractivity contribution in [2.45, 2.75) is 25.6 Å². The maximum absolute atomic E-state index is 5.10. The topological polar surface area (TPSA) is 40.5 Å². The molecule has 1 aliphatic rings. The van der Waals surface area contributed by atoms with Crippen LogP contribution in [0.5, 0.6) is 0 Å². The summed E-state index contributed by atoms with van der Waals surface area (Å²) in [6.07, 6.45) is 4.76. The van der Waals surface area contributed by atoms with Gasteiger partial charge in [-0.1, -0.05) is 60.7 Å². The molecule has 142 valence electrons. The lowest BCUT2D eigenvalue weighted by molar-refractivity contribution is 0.408. The molecule has 4 rings (SSSR count). The van der Waals surface area contributed by atoms with Crippen molar-refractivity contribution in [1.29, 1.82) is 0 Å². The van der Waals surface area contributed by atoms with Crippen LogP contribution >= 0.6 is 0 Å². The van der Waals surface area contributed by atoms with Gasteiger partial charge in [-0.3, -0.25) is 9.98 Å². The molecule has 0 bridgehead atoms. The SMILES string of the molecule is c1ccc(CN2CCCNC(c3ccccc3)C2=NCc2ccncc2)cc1. The molecule has 4 heteroatoms. The number of hydrogen-bond donors (Lipinski definition) is 1. The summed E-state index contributed by atoms with van der Waals surface area (Å²) >= 11 is 0. The second-order valence-corrected chi connectivity index (χ2v) is 7.09. The quantitative estimate of drug-likeness (QED) is 0.731. The molecule has 0 amide bonds. The van der Waals surface area contributed by atoms with Gasteiger partial charge in [0, 0.05) is 25.5 Å². The lowest BCUT2D eigenvalue weighted by Crippen LogP contribution is -2.37. The second-order valence-electron chi connectivity index (χ2n) is 7.09. The molecule has 3 aromatic rings. The van der Waals surface area contributed by atoms with Crippen molar-refractivity contribution in [1.82, 2.24) is 15.2 Å². The molecule has 0 radical (unpaired) electrons. The minimum absolute atomic E-state index is 0.106. The monoisotopic (exact) mass is 370 g/mol. The maximum Gasteiger partial charge on any atom is 0.121 e. The number of nitrogens with one attached hydrogen (secondary N) is 1. The Morgan fingerprint density at radius 2 is 1.61 bits per heavy atom. The molecule has 4 nitrogen and oxygen atoms in total. The number of benzene rings is 2. The normalized spacial score (nSPS) is 18.8. The molecule has 28 heavy (non-hydrogen) atoms. The number of pyridine rings is 1. The molecule has 1 aliphatic heterocycles. The molecule has 1 fully saturated rings. The fourth-order valence-electron chi connectivity index (χ4n) is 3.63. The number of aliphatic imine (C=N–C) groups is 1. The first-order chi connectivity index (χ1) is 13.9. The van der Waals surface area contributed by atoms with Crippen LogP contribution in [0.1, 0.15) is 29.2 Å². The first kappa shape index (κ1) is 18.4. The highest BCUT2D eigenvalue weighted by atomic mass is 15.2. The predicted octanol–water partition coefficient (Wildman–Crippen LogP) is 4.22. The van der Waals surface area contributed by atoms with Crippen LogP contribution in [0, 0.1) is 0 Å². The second kappa shape index (κ2) is 9.29. The highest BCUT2D eigenvalue weighted by Gasteiger charge is 2.26. The molecular formula is C24H26N4. The molecule has 1 N–H and O–H groups in total. The fourth-order valence-corrected chi connectivity index (χ4v) is 3.63. The number of amidine groups is 1. The van der Waals surface area contributed by atoms with E-state index in [1.54, 1.807) is 0 Å². The van der Waals surface area contributed by atoms with Crippen molar-refractivity contribution in [2.24, 2.45) is 4.99 Å². The average molecular weight is 371 g/mol. The minimum atomic E-state index is 0.106. The van der Waals surface area contributed by atoms with Gasteiger partial charge in [-0.15, -0.1) is 0 Å². The van der Waals surface area contributed by atoms with E-state index in [9.17, 15) is 0 Å². The molecule has 0 aliphatic carbocycles. The Bertz CT molecular complexity index is 878. The third-order valence-corrected chi connectivity index (χ3v) is 5.06. The maximum atomic E-state index is 5.10. The molecule has 1 saturated heterocycles. The van der Waals surface area contributed by atoms with Crippen LogP contribution in [0.15, 0.2) is 90.2 Å². The van der Waals surface area contributed by atoms with Crippen LogP contribution in [0.4, 0.5) is 0 Å². The van der Waals surface area contributed by atoms with E-state index in [-0.39, 0.29) is 6.04 Å². The Hall–Kier alpha value is -2.98. The van der Waals surface area contributed by atoms with Crippen LogP contribution < -0.4 is 5.32 Å². The van der Waals surface area contributed by atoms with Gasteiger partial charge in [-0.2, -0.15) is 0 Å². The van der Waals surface area contributed by atoms with Gasteiger partial charge in [0.05, 0.1) is 12.6 Å². The average Bonchev–Trinajstić information content (AvgIpc) is 2.96. The number of aromatic nitrogens is 1. The van der Waals surface area contributed by atoms with Crippen molar-refractivity contribution in [3.05, 3.63) is 102 Å². The van der Waals surface area contributed by atoms with Gasteiger partial charge in [0.2, 0.25) is 0 Å². The van der Waals surface area contributed by atoms with E-state index in [2.05, 4.69) is 75.9 Å². The zero-order valence-electron chi connectivity index (χ0n) is 16.0. The van der Waals surface area contributed by atoms with Crippen molar-refractivity contribution in [2.75, 3.05) is 13.1 Å². The lowest BCUT2D eigenvalue weighted by Gasteiger charge is -2.29. The Labute approximate surface area is 167 Å². The number of rotatable bonds is 5. The fraction of sp³-hybridized carbons (Fsp3) is 0.250. The van der Waals surface area contributed by atoms with E-state index in [0.717, 1.165) is 31.9 Å². The van der Waals surface area contributed by atoms with Crippen molar-refractivity contribution in [3.8, 4) is 0 Å². The predicted molar refractivity (Wildman–Crippen MR) is 114 cm³/mol. The van der Waals surface area contributed by atoms with Gasteiger partial charge >= 0.3 is 0 Å². The summed E-state index contributed by atoms with van der Waals surface area (Å²) in [6.45, 7) is 3.52. The van der Waals surface area contributed by atoms with Crippen molar-refractivity contribution in [3.63, 3.8) is 0 Å². The summed E-state index contributed by atoms with van der Waals surface area (Å²) in [6, 6.07) is 25.5. The Morgan fingerprint density at radius 3 is 2.36 bits per heavy atom. The van der Waals surface area contributed by atoms with Crippen LogP contribution in [0.2, 0.25) is 0 Å². The Morgan fingerprint density at radius 1 is 0.893 bits per heavy atom. The largest absolute Gasteiger partial charge is 0.354 e. The van der Waals surface area contributed by atoms with E-state index in [0.29, 0.717) is 6.54 Å². The van der Waals surface area contributed by atoms with Gasteiger partial charge < -0.3 is 10.2 Å². The summed E-state index contributed by atoms with van der Waals surface area (Å²) in [4.78, 5) is 11.7. The smallest absolute Gasteiger partial charge is 0.121 e. The van der Waals surface area contributed by atoms with Crippen molar-refractivity contribution >= 4 is 5.84 Å². The molecule has 0 spiro atoms. The minimum Gasteiger partial charge on any atom is -0.354 e. The summed E-state index contributed by atoms with van der Waals surface area (Å²) < 4.78 is 0. The summed E-state index contributed by atoms with van der Waals surface area (Å²) in [7, 11) is 0. The molecule has 2 aromatic carbocycles. The van der Waals surface area contributed by atoms with E-state index >= 15 is 0 Å². The van der Waals surface area contributed by atoms with Crippen LogP contribution in [-0.2, 0) is 13.1 Å². The molecule has 0 saturated carbocycles. The first-order valence-electron chi connectivity index (χ1n) is 9.90.